The minimum Gasteiger partial charge on any atom is -0.507 e. The summed E-state index contributed by atoms with van der Waals surface area (Å²) >= 11 is 0. The molecule has 142 valence electrons. The smallest absolute Gasteiger partial charge is 0.300 e. The maximum Gasteiger partial charge on any atom is 0.300 e. The van der Waals surface area contributed by atoms with Gasteiger partial charge in [0.1, 0.15) is 23.3 Å². The highest BCUT2D eigenvalue weighted by atomic mass is 16.3. The molecule has 0 aliphatic carbocycles. The van der Waals surface area contributed by atoms with Crippen LogP contribution in [0.15, 0.2) is 70.9 Å². The molecule has 1 fully saturated rings. The summed E-state index contributed by atoms with van der Waals surface area (Å²) in [5.41, 5.74) is 1.14. The first-order valence-electron chi connectivity index (χ1n) is 8.79. The van der Waals surface area contributed by atoms with E-state index in [2.05, 4.69) is 4.98 Å². The number of aliphatic hydroxyl groups is 1. The van der Waals surface area contributed by atoms with E-state index in [0.717, 1.165) is 0 Å². The lowest BCUT2D eigenvalue weighted by molar-refractivity contribution is -0.132. The minimum atomic E-state index is -0.940. The molecule has 1 aromatic carbocycles. The van der Waals surface area contributed by atoms with Gasteiger partial charge in [-0.3, -0.25) is 19.5 Å². The fourth-order valence-electron chi connectivity index (χ4n) is 3.33. The van der Waals surface area contributed by atoms with Gasteiger partial charge >= 0.3 is 0 Å². The van der Waals surface area contributed by atoms with Gasteiger partial charge in [-0.05, 0) is 55.5 Å². The second kappa shape index (κ2) is 7.09. The molecule has 0 bridgehead atoms. The number of anilines is 1. The number of aromatic nitrogens is 1. The van der Waals surface area contributed by atoms with Crippen LogP contribution in [0.2, 0.25) is 0 Å². The van der Waals surface area contributed by atoms with Gasteiger partial charge in [0.2, 0.25) is 0 Å². The van der Waals surface area contributed by atoms with Crippen LogP contribution in [-0.4, -0.2) is 21.8 Å². The van der Waals surface area contributed by atoms with Crippen molar-refractivity contribution in [1.29, 1.82) is 5.26 Å². The zero-order valence-electron chi connectivity index (χ0n) is 15.4. The standard InChI is InChI=1S/C22H15N3O4/c1-13-2-7-17(29-13)19-18(20(26)15-8-10-24-11-9-15)21(27)22(28)25(19)16-5-3-14(12-23)4-6-16/h2-11,19,26H,1H3/b20-18-. The number of benzene rings is 1. The van der Waals surface area contributed by atoms with Crippen LogP contribution >= 0.6 is 0 Å². The average Bonchev–Trinajstić information content (AvgIpc) is 3.29. The number of rotatable bonds is 3. The molecule has 1 unspecified atom stereocenters. The van der Waals surface area contributed by atoms with E-state index in [0.29, 0.717) is 28.3 Å². The van der Waals surface area contributed by atoms with E-state index < -0.39 is 17.7 Å². The van der Waals surface area contributed by atoms with Crippen LogP contribution in [0.1, 0.15) is 28.7 Å². The van der Waals surface area contributed by atoms with Crippen LogP contribution in [0.3, 0.4) is 0 Å². The summed E-state index contributed by atoms with van der Waals surface area (Å²) in [6, 6.07) is 13.8. The van der Waals surface area contributed by atoms with Crippen LogP contribution in [0.25, 0.3) is 5.76 Å². The van der Waals surface area contributed by atoms with Crippen molar-refractivity contribution in [2.75, 3.05) is 4.90 Å². The highest BCUT2D eigenvalue weighted by Crippen LogP contribution is 2.42. The number of aryl methyl sites for hydroxylation is 1. The predicted molar refractivity (Wildman–Crippen MR) is 104 cm³/mol. The third-order valence-electron chi connectivity index (χ3n) is 4.70. The van der Waals surface area contributed by atoms with E-state index in [1.807, 2.05) is 6.07 Å². The summed E-state index contributed by atoms with van der Waals surface area (Å²) in [6.45, 7) is 1.75. The Balaban J connectivity index is 1.92. The Morgan fingerprint density at radius 2 is 1.79 bits per heavy atom. The van der Waals surface area contributed by atoms with Crippen LogP contribution in [0, 0.1) is 18.3 Å². The molecule has 1 aliphatic heterocycles. The topological polar surface area (TPSA) is 107 Å². The predicted octanol–water partition coefficient (Wildman–Crippen LogP) is 3.48. The molecule has 3 heterocycles. The maximum absolute atomic E-state index is 12.9. The van der Waals surface area contributed by atoms with Crippen molar-refractivity contribution >= 4 is 23.1 Å². The van der Waals surface area contributed by atoms with E-state index in [4.69, 9.17) is 9.68 Å². The van der Waals surface area contributed by atoms with Crippen LogP contribution in [0.4, 0.5) is 5.69 Å². The number of hydrogen-bond acceptors (Lipinski definition) is 6. The quantitative estimate of drug-likeness (QED) is 0.420. The zero-order chi connectivity index (χ0) is 20.5. The monoisotopic (exact) mass is 385 g/mol. The third-order valence-corrected chi connectivity index (χ3v) is 4.70. The highest BCUT2D eigenvalue weighted by molar-refractivity contribution is 6.51. The molecular weight excluding hydrogens is 370 g/mol. The Morgan fingerprint density at radius 1 is 1.10 bits per heavy atom. The van der Waals surface area contributed by atoms with Crippen molar-refractivity contribution in [1.82, 2.24) is 4.98 Å². The van der Waals surface area contributed by atoms with Gasteiger partial charge in [0.25, 0.3) is 11.7 Å². The number of amides is 1. The number of Topliss-reactive ketones (excluding diaryl/α,β-unsaturated/α-hetero) is 1. The first-order chi connectivity index (χ1) is 14.0. The number of nitrogens with zero attached hydrogens (tertiary/aromatic N) is 3. The fourth-order valence-corrected chi connectivity index (χ4v) is 3.33. The molecule has 4 rings (SSSR count). The summed E-state index contributed by atoms with van der Waals surface area (Å²) in [5, 5.41) is 19.9. The lowest BCUT2D eigenvalue weighted by Gasteiger charge is -2.23. The molecular formula is C22H15N3O4. The lowest BCUT2D eigenvalue weighted by Crippen LogP contribution is -2.29. The van der Waals surface area contributed by atoms with Gasteiger partial charge in [0.05, 0.1) is 17.2 Å². The molecule has 1 saturated heterocycles. The van der Waals surface area contributed by atoms with Crippen molar-refractivity contribution in [3.8, 4) is 6.07 Å². The number of ketones is 1. The molecule has 1 aliphatic rings. The van der Waals surface area contributed by atoms with Gasteiger partial charge in [-0.15, -0.1) is 0 Å². The summed E-state index contributed by atoms with van der Waals surface area (Å²) in [6.07, 6.45) is 2.97. The Hall–Kier alpha value is -4.18. The van der Waals surface area contributed by atoms with E-state index in [9.17, 15) is 14.7 Å². The molecule has 1 amide bonds. The van der Waals surface area contributed by atoms with Gasteiger partial charge in [-0.1, -0.05) is 0 Å². The Labute approximate surface area is 166 Å². The van der Waals surface area contributed by atoms with Crippen molar-refractivity contribution < 1.29 is 19.1 Å². The van der Waals surface area contributed by atoms with Crippen LogP contribution in [0.5, 0.6) is 0 Å². The maximum atomic E-state index is 12.9. The summed E-state index contributed by atoms with van der Waals surface area (Å²) in [7, 11) is 0. The van der Waals surface area contributed by atoms with Crippen molar-refractivity contribution in [2.24, 2.45) is 0 Å². The molecule has 0 spiro atoms. The van der Waals surface area contributed by atoms with Crippen molar-refractivity contribution in [3.63, 3.8) is 0 Å². The second-order valence-electron chi connectivity index (χ2n) is 6.51. The van der Waals surface area contributed by atoms with Gasteiger partial charge in [-0.2, -0.15) is 5.26 Å². The number of carbonyl (C=O) groups excluding carboxylic acids is 2. The first kappa shape index (κ1) is 18.2. The molecule has 1 N–H and O–H groups in total. The van der Waals surface area contributed by atoms with Crippen molar-refractivity contribution in [3.05, 3.63) is 89.1 Å². The summed E-state index contributed by atoms with van der Waals surface area (Å²) in [5.74, 6) is -0.955. The number of carbonyl (C=O) groups is 2. The highest BCUT2D eigenvalue weighted by Gasteiger charge is 2.48. The summed E-state index contributed by atoms with van der Waals surface area (Å²) in [4.78, 5) is 31.0. The van der Waals surface area contributed by atoms with E-state index in [-0.39, 0.29) is 11.3 Å². The molecule has 1 atom stereocenters. The molecule has 0 radical (unpaired) electrons. The Morgan fingerprint density at radius 3 is 2.38 bits per heavy atom. The average molecular weight is 385 g/mol. The van der Waals surface area contributed by atoms with Gasteiger partial charge < -0.3 is 9.52 Å². The summed E-state index contributed by atoms with van der Waals surface area (Å²) < 4.78 is 5.72. The minimum absolute atomic E-state index is 0.0695. The SMILES string of the molecule is Cc1ccc(C2/C(=C(/O)c3ccncc3)C(=O)C(=O)N2c2ccc(C#N)cc2)o1. The van der Waals surface area contributed by atoms with Crippen molar-refractivity contribution in [2.45, 2.75) is 13.0 Å². The molecule has 3 aromatic rings. The van der Waals surface area contributed by atoms with Crippen LogP contribution < -0.4 is 4.90 Å². The largest absolute Gasteiger partial charge is 0.507 e. The second-order valence-corrected chi connectivity index (χ2v) is 6.51. The molecule has 2 aromatic heterocycles. The molecule has 7 heteroatoms. The van der Waals surface area contributed by atoms with Gasteiger partial charge in [0, 0.05) is 23.6 Å². The van der Waals surface area contributed by atoms with Gasteiger partial charge in [0.15, 0.2) is 0 Å². The molecule has 7 nitrogen and oxygen atoms in total. The molecule has 0 saturated carbocycles. The first-order valence-corrected chi connectivity index (χ1v) is 8.79. The number of hydrogen-bond donors (Lipinski definition) is 1. The van der Waals surface area contributed by atoms with Crippen LogP contribution in [-0.2, 0) is 9.59 Å². The van der Waals surface area contributed by atoms with E-state index in [1.165, 1.54) is 17.3 Å². The van der Waals surface area contributed by atoms with E-state index >= 15 is 0 Å². The Kier molecular flexibility index (Phi) is 4.45. The Bertz CT molecular complexity index is 1170. The lowest BCUT2D eigenvalue weighted by atomic mass is 9.99. The third kappa shape index (κ3) is 3.07. The zero-order valence-corrected chi connectivity index (χ0v) is 15.4. The normalized spacial score (nSPS) is 18.1. The van der Waals surface area contributed by atoms with Gasteiger partial charge in [-0.25, -0.2) is 0 Å². The molecule has 29 heavy (non-hydrogen) atoms. The fraction of sp³-hybridized carbons (Fsp3) is 0.0909. The number of furan rings is 1. The number of pyridine rings is 1. The van der Waals surface area contributed by atoms with E-state index in [1.54, 1.807) is 55.5 Å². The number of nitriles is 1. The number of aliphatic hydroxyl groups excluding tert-OH is 1.